The van der Waals surface area contributed by atoms with E-state index in [-0.39, 0.29) is 11.4 Å². The second-order valence-corrected chi connectivity index (χ2v) is 6.12. The lowest BCUT2D eigenvalue weighted by molar-refractivity contribution is -0.137. The maximum atomic E-state index is 13.4. The van der Waals surface area contributed by atoms with Crippen molar-refractivity contribution in [2.45, 2.75) is 20.0 Å². The smallest absolute Gasteiger partial charge is 0.418 e. The molecule has 0 saturated heterocycles. The number of anilines is 1. The molecule has 0 aliphatic rings. The van der Waals surface area contributed by atoms with Crippen molar-refractivity contribution in [1.29, 1.82) is 0 Å². The minimum atomic E-state index is -4.54. The highest BCUT2D eigenvalue weighted by Crippen LogP contribution is 2.39. The zero-order valence-electron chi connectivity index (χ0n) is 14.3. The molecule has 26 heavy (non-hydrogen) atoms. The third-order valence-electron chi connectivity index (χ3n) is 3.80. The molecule has 1 heterocycles. The summed E-state index contributed by atoms with van der Waals surface area (Å²) < 4.78 is 45.9. The molecule has 0 amide bonds. The van der Waals surface area contributed by atoms with Crippen molar-refractivity contribution in [2.24, 2.45) is 0 Å². The fourth-order valence-corrected chi connectivity index (χ4v) is 2.78. The maximum absolute atomic E-state index is 13.4. The first-order valence-corrected chi connectivity index (χ1v) is 7.92. The predicted octanol–water partition coefficient (Wildman–Crippen LogP) is 5.76. The van der Waals surface area contributed by atoms with Crippen molar-refractivity contribution in [3.63, 3.8) is 0 Å². The minimum Gasteiger partial charge on any atom is -0.439 e. The van der Waals surface area contributed by atoms with Gasteiger partial charge in [-0.2, -0.15) is 13.2 Å². The van der Waals surface area contributed by atoms with Crippen LogP contribution in [0.1, 0.15) is 16.7 Å². The number of benzene rings is 2. The molecule has 0 aliphatic carbocycles. The van der Waals surface area contributed by atoms with E-state index in [2.05, 4.69) is 4.98 Å². The number of ether oxygens (including phenoxy) is 1. The first-order chi connectivity index (χ1) is 12.2. The van der Waals surface area contributed by atoms with Crippen LogP contribution in [-0.2, 0) is 6.18 Å². The van der Waals surface area contributed by atoms with Crippen molar-refractivity contribution in [2.75, 3.05) is 5.73 Å². The van der Waals surface area contributed by atoms with Crippen LogP contribution in [0, 0.1) is 13.8 Å². The zero-order valence-corrected chi connectivity index (χ0v) is 14.3. The average Bonchev–Trinajstić information content (AvgIpc) is 2.52. The number of halogens is 3. The number of hydrogen-bond acceptors (Lipinski definition) is 3. The van der Waals surface area contributed by atoms with Crippen molar-refractivity contribution in [1.82, 2.24) is 4.98 Å². The fraction of sp³-hybridized carbons (Fsp3) is 0.150. The molecule has 3 nitrogen and oxygen atoms in total. The van der Waals surface area contributed by atoms with Crippen molar-refractivity contribution >= 4 is 5.69 Å². The molecule has 0 spiro atoms. The van der Waals surface area contributed by atoms with Crippen LogP contribution in [0.2, 0.25) is 0 Å². The Morgan fingerprint density at radius 3 is 2.27 bits per heavy atom. The van der Waals surface area contributed by atoms with Crippen molar-refractivity contribution < 1.29 is 17.9 Å². The SMILES string of the molecule is Cc1cc(C)cc(Oc2cc(-c3cccc(N)c3)c(C(F)(F)F)cn2)c1. The van der Waals surface area contributed by atoms with Gasteiger partial charge in [-0.25, -0.2) is 4.98 Å². The number of nitrogens with zero attached hydrogens (tertiary/aromatic N) is 1. The molecule has 0 atom stereocenters. The molecule has 3 aromatic rings. The summed E-state index contributed by atoms with van der Waals surface area (Å²) in [6.07, 6.45) is -3.75. The van der Waals surface area contributed by atoms with E-state index >= 15 is 0 Å². The summed E-state index contributed by atoms with van der Waals surface area (Å²) >= 11 is 0. The molecular weight excluding hydrogens is 341 g/mol. The minimum absolute atomic E-state index is 0.0285. The Morgan fingerprint density at radius 1 is 0.962 bits per heavy atom. The number of hydrogen-bond donors (Lipinski definition) is 1. The summed E-state index contributed by atoms with van der Waals surface area (Å²) in [6.45, 7) is 3.83. The lowest BCUT2D eigenvalue weighted by Gasteiger charge is -2.15. The van der Waals surface area contributed by atoms with Crippen molar-refractivity contribution in [3.8, 4) is 22.8 Å². The van der Waals surface area contributed by atoms with Crippen LogP contribution in [0.15, 0.2) is 54.7 Å². The average molecular weight is 358 g/mol. The van der Waals surface area contributed by atoms with Gasteiger partial charge in [-0.1, -0.05) is 18.2 Å². The summed E-state index contributed by atoms with van der Waals surface area (Å²) in [5.74, 6) is 0.605. The van der Waals surface area contributed by atoms with Crippen LogP contribution in [-0.4, -0.2) is 4.98 Å². The number of rotatable bonds is 3. The number of nitrogen functional groups attached to an aromatic ring is 1. The lowest BCUT2D eigenvalue weighted by Crippen LogP contribution is -2.08. The van der Waals surface area contributed by atoms with Crippen LogP contribution in [0.5, 0.6) is 11.6 Å². The van der Waals surface area contributed by atoms with Crippen LogP contribution >= 0.6 is 0 Å². The number of aryl methyl sites for hydroxylation is 2. The van der Waals surface area contributed by atoms with Gasteiger partial charge in [0.25, 0.3) is 0 Å². The molecular formula is C20H17F3N2O. The standard InChI is InChI=1S/C20H17F3N2O/c1-12-6-13(2)8-16(7-12)26-19-10-17(14-4-3-5-15(24)9-14)18(11-25-19)20(21,22)23/h3-11H,24H2,1-2H3. The molecule has 134 valence electrons. The van der Waals surface area contributed by atoms with Gasteiger partial charge in [0.1, 0.15) is 5.75 Å². The Morgan fingerprint density at radius 2 is 1.65 bits per heavy atom. The van der Waals surface area contributed by atoms with Gasteiger partial charge in [0, 0.05) is 23.5 Å². The molecule has 0 bridgehead atoms. The van der Waals surface area contributed by atoms with E-state index in [1.54, 1.807) is 30.3 Å². The second-order valence-electron chi connectivity index (χ2n) is 6.12. The molecule has 2 N–H and O–H groups in total. The molecule has 0 fully saturated rings. The van der Waals surface area contributed by atoms with E-state index in [1.165, 1.54) is 12.1 Å². The van der Waals surface area contributed by atoms with Crippen LogP contribution in [0.3, 0.4) is 0 Å². The van der Waals surface area contributed by atoms with Gasteiger partial charge in [-0.3, -0.25) is 0 Å². The highest BCUT2D eigenvalue weighted by atomic mass is 19.4. The van der Waals surface area contributed by atoms with Gasteiger partial charge in [-0.05, 0) is 54.8 Å². The Hall–Kier alpha value is -3.02. The second kappa shape index (κ2) is 6.71. The topological polar surface area (TPSA) is 48.1 Å². The molecule has 0 saturated carbocycles. The van der Waals surface area contributed by atoms with Gasteiger partial charge >= 0.3 is 6.18 Å². The third-order valence-corrected chi connectivity index (χ3v) is 3.80. The number of pyridine rings is 1. The summed E-state index contributed by atoms with van der Waals surface area (Å²) in [4.78, 5) is 3.83. The highest BCUT2D eigenvalue weighted by Gasteiger charge is 2.34. The molecule has 3 rings (SSSR count). The van der Waals surface area contributed by atoms with E-state index in [0.717, 1.165) is 17.3 Å². The Kier molecular flexibility index (Phi) is 4.59. The molecule has 0 unspecified atom stereocenters. The van der Waals surface area contributed by atoms with E-state index in [1.807, 2.05) is 19.9 Å². The number of nitrogens with two attached hydrogens (primary N) is 1. The van der Waals surface area contributed by atoms with Crippen LogP contribution in [0.4, 0.5) is 18.9 Å². The van der Waals surface area contributed by atoms with Gasteiger partial charge in [-0.15, -0.1) is 0 Å². The van der Waals surface area contributed by atoms with Gasteiger partial charge in [0.15, 0.2) is 0 Å². The highest BCUT2D eigenvalue weighted by molar-refractivity contribution is 5.71. The quantitative estimate of drug-likeness (QED) is 0.606. The maximum Gasteiger partial charge on any atom is 0.418 e. The Labute approximate surface area is 149 Å². The molecule has 0 aliphatic heterocycles. The van der Waals surface area contributed by atoms with E-state index in [9.17, 15) is 13.2 Å². The molecule has 1 aromatic heterocycles. The molecule has 6 heteroatoms. The van der Waals surface area contributed by atoms with Crippen LogP contribution in [0.25, 0.3) is 11.1 Å². The first kappa shape index (κ1) is 17.8. The normalized spacial score (nSPS) is 11.4. The third kappa shape index (κ3) is 3.96. The first-order valence-electron chi connectivity index (χ1n) is 7.92. The largest absolute Gasteiger partial charge is 0.439 e. The Bertz CT molecular complexity index is 932. The number of aromatic nitrogens is 1. The van der Waals surface area contributed by atoms with E-state index in [0.29, 0.717) is 17.0 Å². The predicted molar refractivity (Wildman–Crippen MR) is 95.1 cm³/mol. The lowest BCUT2D eigenvalue weighted by atomic mass is 10.0. The Balaban J connectivity index is 2.07. The summed E-state index contributed by atoms with van der Waals surface area (Å²) in [5.41, 5.74) is 7.56. The zero-order chi connectivity index (χ0) is 18.9. The summed E-state index contributed by atoms with van der Waals surface area (Å²) in [5, 5.41) is 0. The molecule has 2 aromatic carbocycles. The monoisotopic (exact) mass is 358 g/mol. The van der Waals surface area contributed by atoms with E-state index < -0.39 is 11.7 Å². The van der Waals surface area contributed by atoms with Crippen LogP contribution < -0.4 is 10.5 Å². The van der Waals surface area contributed by atoms with Crippen molar-refractivity contribution in [3.05, 3.63) is 71.4 Å². The molecule has 0 radical (unpaired) electrons. The van der Waals surface area contributed by atoms with Gasteiger partial charge < -0.3 is 10.5 Å². The number of alkyl halides is 3. The summed E-state index contributed by atoms with van der Waals surface area (Å²) in [7, 11) is 0. The van der Waals surface area contributed by atoms with Gasteiger partial charge in [0.2, 0.25) is 5.88 Å². The van der Waals surface area contributed by atoms with E-state index in [4.69, 9.17) is 10.5 Å². The summed E-state index contributed by atoms with van der Waals surface area (Å²) in [6, 6.07) is 13.1. The van der Waals surface area contributed by atoms with Gasteiger partial charge in [0.05, 0.1) is 5.56 Å². The fourth-order valence-electron chi connectivity index (χ4n) is 2.78.